The Morgan fingerprint density at radius 3 is 1.88 bits per heavy atom. The number of para-hydroxylation sites is 6. The lowest BCUT2D eigenvalue weighted by atomic mass is 9.44. The molecule has 0 N–H and O–H groups in total. The molecule has 3 aliphatic rings. The van der Waals surface area contributed by atoms with E-state index in [0.717, 1.165) is 0 Å². The van der Waals surface area contributed by atoms with Crippen LogP contribution in [0.5, 0.6) is 0 Å². The fourth-order valence-corrected chi connectivity index (χ4v) is 9.17. The van der Waals surface area contributed by atoms with Crippen LogP contribution in [-0.2, 0) is 0 Å². The van der Waals surface area contributed by atoms with Crippen molar-refractivity contribution in [1.82, 2.24) is 9.13 Å². The molecule has 0 spiro atoms. The number of benzene rings is 7. The van der Waals surface area contributed by atoms with Gasteiger partial charge < -0.3 is 18.8 Å². The van der Waals surface area contributed by atoms with Gasteiger partial charge in [-0.1, -0.05) is 97.1 Å². The fourth-order valence-electron chi connectivity index (χ4n) is 9.17. The first kappa shape index (κ1) is 25.6. The predicted molar refractivity (Wildman–Crippen MR) is 205 cm³/mol. The Morgan fingerprint density at radius 2 is 1.02 bits per heavy atom. The van der Waals surface area contributed by atoms with E-state index in [1.807, 2.05) is 0 Å². The van der Waals surface area contributed by atoms with E-state index in [9.17, 15) is 0 Å². The van der Waals surface area contributed by atoms with Crippen LogP contribution in [0, 0.1) is 0 Å². The second-order valence-corrected chi connectivity index (χ2v) is 13.3. The summed E-state index contributed by atoms with van der Waals surface area (Å²) in [7, 11) is 0. The average Bonchev–Trinajstić information content (AvgIpc) is 3.69. The summed E-state index contributed by atoms with van der Waals surface area (Å²) >= 11 is 0. The highest BCUT2D eigenvalue weighted by Crippen LogP contribution is 2.52. The zero-order valence-electron chi connectivity index (χ0n) is 26.5. The Bertz CT molecular complexity index is 2860. The molecule has 3 aliphatic heterocycles. The SMILES string of the molecule is c1ccc(-n2c3ccccc3c3cc(N4c5cccc6c5B5c7c4c4ccccc4n7-c4ccccc4N5c4ccccc4-6)ccc32)cc1. The van der Waals surface area contributed by atoms with Crippen LogP contribution in [-0.4, -0.2) is 16.0 Å². The number of hydrogen-bond acceptors (Lipinski definition) is 2. The van der Waals surface area contributed by atoms with Crippen molar-refractivity contribution >= 4 is 79.0 Å². The van der Waals surface area contributed by atoms with Gasteiger partial charge in [-0.05, 0) is 77.8 Å². The van der Waals surface area contributed by atoms with E-state index in [-0.39, 0.29) is 6.85 Å². The quantitative estimate of drug-likeness (QED) is 0.179. The maximum atomic E-state index is 2.60. The highest BCUT2D eigenvalue weighted by atomic mass is 15.2. The van der Waals surface area contributed by atoms with Crippen LogP contribution >= 0.6 is 0 Å². The zero-order valence-corrected chi connectivity index (χ0v) is 26.5. The molecule has 0 saturated carbocycles. The number of anilines is 5. The zero-order chi connectivity index (χ0) is 31.8. The summed E-state index contributed by atoms with van der Waals surface area (Å²) in [6.07, 6.45) is 0. The van der Waals surface area contributed by atoms with Crippen LogP contribution in [0.25, 0.3) is 55.2 Å². The molecule has 4 nitrogen and oxygen atoms in total. The Kier molecular flexibility index (Phi) is 4.77. The lowest BCUT2D eigenvalue weighted by Crippen LogP contribution is -2.65. The number of hydrogen-bond donors (Lipinski definition) is 0. The van der Waals surface area contributed by atoms with Crippen LogP contribution in [0.3, 0.4) is 0 Å². The number of nitrogens with zero attached hydrogens (tertiary/aromatic N) is 4. The van der Waals surface area contributed by atoms with Gasteiger partial charge in [-0.3, -0.25) is 0 Å². The molecule has 0 fully saturated rings. The summed E-state index contributed by atoms with van der Waals surface area (Å²) in [6, 6.07) is 60.3. The van der Waals surface area contributed by atoms with E-state index >= 15 is 0 Å². The van der Waals surface area contributed by atoms with Gasteiger partial charge in [0.1, 0.15) is 0 Å². The third-order valence-corrected chi connectivity index (χ3v) is 11.0. The summed E-state index contributed by atoms with van der Waals surface area (Å²) < 4.78 is 4.94. The van der Waals surface area contributed by atoms with E-state index < -0.39 is 0 Å². The first-order valence-corrected chi connectivity index (χ1v) is 17.0. The van der Waals surface area contributed by atoms with E-state index in [1.165, 1.54) is 94.7 Å². The van der Waals surface area contributed by atoms with Gasteiger partial charge in [0.15, 0.2) is 0 Å². The standard InChI is InChI=1S/C44H27BN4/c1-2-13-28(14-3-1)46-35-19-7-4-16-31(35)34-27-29(25-26-37(34)46)47-41-24-12-18-32-30-15-5-9-21-38(30)49-40-23-11-10-22-39(40)48-36-20-8-6-17-33(36)43(47)44(48)45(49)42(32)41/h1-27H. The van der Waals surface area contributed by atoms with Crippen molar-refractivity contribution in [3.63, 3.8) is 0 Å². The molecule has 2 aromatic heterocycles. The van der Waals surface area contributed by atoms with Crippen molar-refractivity contribution in [3.8, 4) is 22.5 Å². The summed E-state index contributed by atoms with van der Waals surface area (Å²) in [6.45, 7) is 0.0402. The summed E-state index contributed by atoms with van der Waals surface area (Å²) in [4.78, 5) is 5.15. The summed E-state index contributed by atoms with van der Waals surface area (Å²) in [5.41, 5.74) is 17.5. The number of rotatable bonds is 2. The van der Waals surface area contributed by atoms with E-state index in [4.69, 9.17) is 0 Å². The maximum absolute atomic E-state index is 2.60. The first-order chi connectivity index (χ1) is 24.4. The van der Waals surface area contributed by atoms with Crippen molar-refractivity contribution in [2.45, 2.75) is 0 Å². The van der Waals surface area contributed by atoms with Gasteiger partial charge in [0.2, 0.25) is 0 Å². The largest absolute Gasteiger partial charge is 0.374 e. The molecule has 7 aromatic carbocycles. The van der Waals surface area contributed by atoms with Gasteiger partial charge in [-0.15, -0.1) is 0 Å². The normalized spacial score (nSPS) is 13.6. The Balaban J connectivity index is 1.22. The average molecular weight is 623 g/mol. The lowest BCUT2D eigenvalue weighted by Gasteiger charge is -2.47. The van der Waals surface area contributed by atoms with Crippen molar-refractivity contribution in [1.29, 1.82) is 0 Å². The predicted octanol–water partition coefficient (Wildman–Crippen LogP) is 9.75. The molecule has 0 saturated heterocycles. The molecular weight excluding hydrogens is 595 g/mol. The number of aromatic nitrogens is 2. The molecule has 0 radical (unpaired) electrons. The third-order valence-electron chi connectivity index (χ3n) is 11.0. The van der Waals surface area contributed by atoms with Gasteiger partial charge in [-0.2, -0.15) is 0 Å². The molecule has 0 unspecified atom stereocenters. The van der Waals surface area contributed by atoms with Gasteiger partial charge in [0.25, 0.3) is 0 Å². The van der Waals surface area contributed by atoms with Crippen LogP contribution in [0.15, 0.2) is 164 Å². The third kappa shape index (κ3) is 3.11. The Morgan fingerprint density at radius 1 is 0.388 bits per heavy atom. The molecule has 5 heterocycles. The molecule has 9 aromatic rings. The van der Waals surface area contributed by atoms with Gasteiger partial charge in [0, 0.05) is 50.1 Å². The molecule has 0 aliphatic carbocycles. The molecule has 226 valence electrons. The monoisotopic (exact) mass is 622 g/mol. The highest BCUT2D eigenvalue weighted by Gasteiger charge is 2.50. The summed E-state index contributed by atoms with van der Waals surface area (Å²) in [5.74, 6) is 0. The molecule has 12 rings (SSSR count). The smallest absolute Gasteiger partial charge is 0.351 e. The molecule has 0 atom stereocenters. The highest BCUT2D eigenvalue weighted by molar-refractivity contribution is 6.94. The van der Waals surface area contributed by atoms with Gasteiger partial charge in [-0.25, -0.2) is 0 Å². The topological polar surface area (TPSA) is 16.3 Å². The second-order valence-electron chi connectivity index (χ2n) is 13.3. The van der Waals surface area contributed by atoms with E-state index in [1.54, 1.807) is 0 Å². The van der Waals surface area contributed by atoms with Crippen LogP contribution in [0.1, 0.15) is 0 Å². The first-order valence-electron chi connectivity index (χ1n) is 17.0. The molecule has 5 heteroatoms. The summed E-state index contributed by atoms with van der Waals surface area (Å²) in [5, 5.41) is 3.76. The van der Waals surface area contributed by atoms with Crippen molar-refractivity contribution in [2.24, 2.45) is 0 Å². The minimum atomic E-state index is 0.0402. The Hall–Kier alpha value is -6.46. The van der Waals surface area contributed by atoms with Crippen molar-refractivity contribution in [3.05, 3.63) is 164 Å². The minimum absolute atomic E-state index is 0.0402. The molecule has 0 amide bonds. The Labute approximate surface area is 283 Å². The van der Waals surface area contributed by atoms with Gasteiger partial charge >= 0.3 is 6.85 Å². The molecular formula is C44H27BN4. The minimum Gasteiger partial charge on any atom is -0.374 e. The van der Waals surface area contributed by atoms with Crippen LogP contribution in [0.2, 0.25) is 0 Å². The van der Waals surface area contributed by atoms with Crippen molar-refractivity contribution < 1.29 is 0 Å². The van der Waals surface area contributed by atoms with E-state index in [2.05, 4.69) is 183 Å². The maximum Gasteiger partial charge on any atom is 0.351 e. The molecule has 0 bridgehead atoms. The lowest BCUT2D eigenvalue weighted by molar-refractivity contribution is 1.11. The van der Waals surface area contributed by atoms with Crippen LogP contribution in [0.4, 0.5) is 28.4 Å². The van der Waals surface area contributed by atoms with Crippen LogP contribution < -0.4 is 20.8 Å². The fraction of sp³-hybridized carbons (Fsp3) is 0. The van der Waals surface area contributed by atoms with Gasteiger partial charge in [0.05, 0.1) is 33.6 Å². The second kappa shape index (κ2) is 9.12. The number of fused-ring (bicyclic) bond motifs is 12. The van der Waals surface area contributed by atoms with E-state index in [0.29, 0.717) is 0 Å². The molecule has 49 heavy (non-hydrogen) atoms. The van der Waals surface area contributed by atoms with Crippen molar-refractivity contribution in [2.75, 3.05) is 9.71 Å².